The summed E-state index contributed by atoms with van der Waals surface area (Å²) in [6.45, 7) is 0.331. The van der Waals surface area contributed by atoms with Crippen molar-refractivity contribution >= 4 is 21.8 Å². The van der Waals surface area contributed by atoms with Crippen molar-refractivity contribution in [2.45, 2.75) is 11.0 Å². The minimum atomic E-state index is -4.00. The molecular weight excluding hydrogens is 425 g/mol. The molecule has 1 aliphatic heterocycles. The summed E-state index contributed by atoms with van der Waals surface area (Å²) in [5.41, 5.74) is 0.548. The predicted molar refractivity (Wildman–Crippen MR) is 110 cm³/mol. The van der Waals surface area contributed by atoms with Gasteiger partial charge in [0, 0.05) is 25.5 Å². The molecule has 0 saturated carbocycles. The molecular formula is C20H20FN5O4S. The monoisotopic (exact) mass is 445 g/mol. The lowest BCUT2D eigenvalue weighted by molar-refractivity contribution is -0.00490. The van der Waals surface area contributed by atoms with Crippen LogP contribution in [0.4, 0.5) is 16.2 Å². The zero-order valence-corrected chi connectivity index (χ0v) is 17.4. The van der Waals surface area contributed by atoms with E-state index in [1.165, 1.54) is 17.5 Å². The second kappa shape index (κ2) is 8.92. The largest absolute Gasteiger partial charge is 0.495 e. The first-order chi connectivity index (χ1) is 15.0. The molecule has 4 rings (SSSR count). The molecule has 1 saturated heterocycles. The molecule has 3 heterocycles. The quantitative estimate of drug-likeness (QED) is 0.617. The SMILES string of the molecule is COc1ccc(F)cc1S(=O)(=O)N1CCOC(c2cccc(Nc3ncccn3)n2)C1. The number of halogens is 1. The summed E-state index contributed by atoms with van der Waals surface area (Å²) in [5, 5.41) is 2.99. The number of anilines is 2. The zero-order chi connectivity index (χ0) is 21.8. The van der Waals surface area contributed by atoms with Gasteiger partial charge in [-0.15, -0.1) is 0 Å². The summed E-state index contributed by atoms with van der Waals surface area (Å²) in [6, 6.07) is 10.4. The third-order valence-corrected chi connectivity index (χ3v) is 6.57. The number of sulfonamides is 1. The fourth-order valence-electron chi connectivity index (χ4n) is 3.19. The maximum Gasteiger partial charge on any atom is 0.247 e. The molecule has 0 bridgehead atoms. The summed E-state index contributed by atoms with van der Waals surface area (Å²) >= 11 is 0. The van der Waals surface area contributed by atoms with Gasteiger partial charge in [0.1, 0.15) is 28.4 Å². The average Bonchev–Trinajstić information content (AvgIpc) is 2.80. The second-order valence-corrected chi connectivity index (χ2v) is 8.57. The number of methoxy groups -OCH3 is 1. The Labute approximate surface area is 178 Å². The van der Waals surface area contributed by atoms with Crippen molar-refractivity contribution in [1.82, 2.24) is 19.3 Å². The van der Waals surface area contributed by atoms with E-state index in [9.17, 15) is 12.8 Å². The lowest BCUT2D eigenvalue weighted by Crippen LogP contribution is -2.42. The second-order valence-electron chi connectivity index (χ2n) is 6.66. The van der Waals surface area contributed by atoms with E-state index in [1.54, 1.807) is 36.7 Å². The highest BCUT2D eigenvalue weighted by Gasteiger charge is 2.34. The summed E-state index contributed by atoms with van der Waals surface area (Å²) in [5.74, 6) is 0.308. The van der Waals surface area contributed by atoms with Crippen molar-refractivity contribution in [2.75, 3.05) is 32.1 Å². The van der Waals surface area contributed by atoms with E-state index in [4.69, 9.17) is 9.47 Å². The number of nitrogens with zero attached hydrogens (tertiary/aromatic N) is 4. The van der Waals surface area contributed by atoms with Gasteiger partial charge in [-0.1, -0.05) is 6.07 Å². The van der Waals surface area contributed by atoms with E-state index in [0.29, 0.717) is 17.5 Å². The number of benzene rings is 1. The van der Waals surface area contributed by atoms with E-state index in [2.05, 4.69) is 20.3 Å². The molecule has 162 valence electrons. The van der Waals surface area contributed by atoms with Crippen LogP contribution in [0.1, 0.15) is 11.8 Å². The summed E-state index contributed by atoms with van der Waals surface area (Å²) < 4.78 is 52.3. The number of hydrogen-bond acceptors (Lipinski definition) is 8. The Hall–Kier alpha value is -3.15. The molecule has 1 aliphatic rings. The summed E-state index contributed by atoms with van der Waals surface area (Å²) in [6.07, 6.45) is 2.61. The Morgan fingerprint density at radius 3 is 2.77 bits per heavy atom. The smallest absolute Gasteiger partial charge is 0.247 e. The highest BCUT2D eigenvalue weighted by molar-refractivity contribution is 7.89. The lowest BCUT2D eigenvalue weighted by atomic mass is 10.2. The van der Waals surface area contributed by atoms with Crippen molar-refractivity contribution in [1.29, 1.82) is 0 Å². The van der Waals surface area contributed by atoms with Crippen LogP contribution in [0.15, 0.2) is 59.8 Å². The average molecular weight is 445 g/mol. The van der Waals surface area contributed by atoms with E-state index < -0.39 is 21.9 Å². The van der Waals surface area contributed by atoms with Crippen LogP contribution in [-0.2, 0) is 14.8 Å². The van der Waals surface area contributed by atoms with Gasteiger partial charge in [0.2, 0.25) is 16.0 Å². The number of hydrogen-bond donors (Lipinski definition) is 1. The van der Waals surface area contributed by atoms with Crippen LogP contribution in [-0.4, -0.2) is 54.5 Å². The highest BCUT2D eigenvalue weighted by Crippen LogP contribution is 2.31. The van der Waals surface area contributed by atoms with Crippen LogP contribution in [0.2, 0.25) is 0 Å². The van der Waals surface area contributed by atoms with E-state index >= 15 is 0 Å². The summed E-state index contributed by atoms with van der Waals surface area (Å²) in [7, 11) is -2.66. The molecule has 1 atom stereocenters. The van der Waals surface area contributed by atoms with Gasteiger partial charge in [-0.05, 0) is 36.4 Å². The number of nitrogens with one attached hydrogen (secondary N) is 1. The third-order valence-electron chi connectivity index (χ3n) is 4.68. The lowest BCUT2D eigenvalue weighted by Gasteiger charge is -2.32. The molecule has 1 fully saturated rings. The minimum Gasteiger partial charge on any atom is -0.495 e. The van der Waals surface area contributed by atoms with Gasteiger partial charge >= 0.3 is 0 Å². The Morgan fingerprint density at radius 1 is 1.19 bits per heavy atom. The molecule has 1 aromatic carbocycles. The maximum atomic E-state index is 13.8. The number of rotatable bonds is 6. The molecule has 9 nitrogen and oxygen atoms in total. The van der Waals surface area contributed by atoms with Crippen molar-refractivity contribution in [2.24, 2.45) is 0 Å². The number of ether oxygens (including phenoxy) is 2. The first-order valence-corrected chi connectivity index (χ1v) is 10.9. The molecule has 1 unspecified atom stereocenters. The molecule has 0 aliphatic carbocycles. The van der Waals surface area contributed by atoms with Crippen LogP contribution in [0, 0.1) is 5.82 Å². The Balaban J connectivity index is 1.56. The Morgan fingerprint density at radius 2 is 2.00 bits per heavy atom. The van der Waals surface area contributed by atoms with Gasteiger partial charge in [-0.3, -0.25) is 0 Å². The van der Waals surface area contributed by atoms with Crippen LogP contribution < -0.4 is 10.1 Å². The van der Waals surface area contributed by atoms with Crippen LogP contribution >= 0.6 is 0 Å². The molecule has 31 heavy (non-hydrogen) atoms. The van der Waals surface area contributed by atoms with Crippen LogP contribution in [0.5, 0.6) is 5.75 Å². The van der Waals surface area contributed by atoms with Crippen molar-refractivity contribution in [3.63, 3.8) is 0 Å². The van der Waals surface area contributed by atoms with Crippen molar-refractivity contribution in [3.8, 4) is 5.75 Å². The van der Waals surface area contributed by atoms with Crippen LogP contribution in [0.25, 0.3) is 0 Å². The van der Waals surface area contributed by atoms with Gasteiger partial charge in [0.25, 0.3) is 0 Å². The van der Waals surface area contributed by atoms with Crippen LogP contribution in [0.3, 0.4) is 0 Å². The van der Waals surface area contributed by atoms with Gasteiger partial charge in [-0.2, -0.15) is 4.31 Å². The minimum absolute atomic E-state index is 0.0281. The summed E-state index contributed by atoms with van der Waals surface area (Å²) in [4.78, 5) is 12.5. The van der Waals surface area contributed by atoms with Gasteiger partial charge in [0.05, 0.1) is 19.4 Å². The maximum absolute atomic E-state index is 13.8. The standard InChI is InChI=1S/C20H20FN5O4S/c1-29-16-7-6-14(21)12-18(16)31(27,28)26-10-11-30-17(13-26)15-4-2-5-19(24-15)25-20-22-8-3-9-23-20/h2-9,12,17H,10-11,13H2,1H3,(H,22,23,24,25). The molecule has 0 spiro atoms. The molecule has 0 radical (unpaired) electrons. The predicted octanol–water partition coefficient (Wildman–Crippen LogP) is 2.53. The number of morpholine rings is 1. The Bertz CT molecular complexity index is 1160. The van der Waals surface area contributed by atoms with Gasteiger partial charge in [0.15, 0.2) is 0 Å². The van der Waals surface area contributed by atoms with E-state index in [-0.39, 0.29) is 30.3 Å². The molecule has 0 amide bonds. The number of aromatic nitrogens is 3. The fourth-order valence-corrected chi connectivity index (χ4v) is 4.78. The normalized spacial score (nSPS) is 17.3. The molecule has 2 aromatic heterocycles. The number of pyridine rings is 1. The van der Waals surface area contributed by atoms with E-state index in [1.807, 2.05) is 0 Å². The third kappa shape index (κ3) is 4.63. The molecule has 11 heteroatoms. The highest BCUT2D eigenvalue weighted by atomic mass is 32.2. The topological polar surface area (TPSA) is 107 Å². The van der Waals surface area contributed by atoms with E-state index in [0.717, 1.165) is 12.1 Å². The van der Waals surface area contributed by atoms with Crippen molar-refractivity contribution in [3.05, 3.63) is 66.4 Å². The van der Waals surface area contributed by atoms with Gasteiger partial charge < -0.3 is 14.8 Å². The zero-order valence-electron chi connectivity index (χ0n) is 16.6. The van der Waals surface area contributed by atoms with Crippen molar-refractivity contribution < 1.29 is 22.3 Å². The Kier molecular flexibility index (Phi) is 6.07. The first kappa shape index (κ1) is 21.1. The van der Waals surface area contributed by atoms with Gasteiger partial charge in [-0.25, -0.2) is 27.8 Å². The first-order valence-electron chi connectivity index (χ1n) is 9.43. The molecule has 3 aromatic rings. The molecule has 1 N–H and O–H groups in total. The fraction of sp³-hybridized carbons (Fsp3) is 0.250.